The predicted octanol–water partition coefficient (Wildman–Crippen LogP) is 2.20. The Bertz CT molecular complexity index is 659. The quantitative estimate of drug-likeness (QED) is 0.893. The van der Waals surface area contributed by atoms with E-state index in [1.54, 1.807) is 0 Å². The molecule has 1 aliphatic heterocycles. The van der Waals surface area contributed by atoms with Crippen LogP contribution in [0.15, 0.2) is 6.20 Å². The molecule has 1 aliphatic carbocycles. The Kier molecular flexibility index (Phi) is 4.89. The van der Waals surface area contributed by atoms with Crippen molar-refractivity contribution in [1.82, 2.24) is 20.0 Å². The van der Waals surface area contributed by atoms with Crippen molar-refractivity contribution in [2.75, 3.05) is 13.1 Å². The predicted molar refractivity (Wildman–Crippen MR) is 95.8 cm³/mol. The third-order valence-corrected chi connectivity index (χ3v) is 5.41. The smallest absolute Gasteiger partial charge is 0.227 e. The van der Waals surface area contributed by atoms with E-state index in [2.05, 4.69) is 10.4 Å². The number of nitrogens with zero attached hydrogens (tertiary/aromatic N) is 3. The van der Waals surface area contributed by atoms with Gasteiger partial charge in [-0.1, -0.05) is 20.8 Å². The molecule has 1 fully saturated rings. The van der Waals surface area contributed by atoms with Gasteiger partial charge in [0.1, 0.15) is 0 Å². The van der Waals surface area contributed by atoms with Crippen molar-refractivity contribution < 1.29 is 9.59 Å². The van der Waals surface area contributed by atoms with Crippen molar-refractivity contribution in [3.05, 3.63) is 17.5 Å². The van der Waals surface area contributed by atoms with E-state index in [-0.39, 0.29) is 23.8 Å². The Balaban J connectivity index is 1.65. The van der Waals surface area contributed by atoms with Gasteiger partial charge in [-0.25, -0.2) is 0 Å². The second-order valence-electron chi connectivity index (χ2n) is 8.46. The maximum absolute atomic E-state index is 12.8. The Morgan fingerprint density at radius 2 is 2.00 bits per heavy atom. The molecule has 2 atom stereocenters. The molecule has 3 rings (SSSR count). The van der Waals surface area contributed by atoms with E-state index in [4.69, 9.17) is 0 Å². The van der Waals surface area contributed by atoms with Crippen molar-refractivity contribution in [3.8, 4) is 0 Å². The molecule has 6 heteroatoms. The van der Waals surface area contributed by atoms with Crippen molar-refractivity contribution in [2.45, 2.75) is 58.9 Å². The lowest BCUT2D eigenvalue weighted by Crippen LogP contribution is -2.49. The first-order valence-corrected chi connectivity index (χ1v) is 9.38. The number of rotatable bonds is 2. The number of carbonyl (C=O) groups is 2. The lowest BCUT2D eigenvalue weighted by Gasteiger charge is -2.36. The summed E-state index contributed by atoms with van der Waals surface area (Å²) in [6.45, 7) is 7.10. The van der Waals surface area contributed by atoms with Crippen LogP contribution in [-0.4, -0.2) is 39.6 Å². The fraction of sp³-hybridized carbons (Fsp3) is 0.737. The summed E-state index contributed by atoms with van der Waals surface area (Å²) >= 11 is 0. The maximum Gasteiger partial charge on any atom is 0.227 e. The van der Waals surface area contributed by atoms with Crippen LogP contribution in [0.5, 0.6) is 0 Å². The summed E-state index contributed by atoms with van der Waals surface area (Å²) < 4.78 is 1.91. The fourth-order valence-electron chi connectivity index (χ4n) is 4.00. The van der Waals surface area contributed by atoms with Gasteiger partial charge in [0.25, 0.3) is 0 Å². The third-order valence-electron chi connectivity index (χ3n) is 5.41. The van der Waals surface area contributed by atoms with Crippen molar-refractivity contribution in [2.24, 2.45) is 18.4 Å². The zero-order valence-corrected chi connectivity index (χ0v) is 15.8. The molecular formula is C19H30N4O2. The normalized spacial score (nSPS) is 23.9. The minimum Gasteiger partial charge on any atom is -0.349 e. The number of hydrogen-bond donors (Lipinski definition) is 1. The highest BCUT2D eigenvalue weighted by Gasteiger charge is 2.34. The van der Waals surface area contributed by atoms with Crippen LogP contribution < -0.4 is 5.32 Å². The number of likely N-dealkylation sites (tertiary alicyclic amines) is 1. The molecule has 0 bridgehead atoms. The number of aryl methyl sites for hydroxylation is 1. The number of carbonyl (C=O) groups excluding carboxylic acids is 2. The molecule has 2 amide bonds. The molecule has 0 radical (unpaired) electrons. The van der Waals surface area contributed by atoms with Gasteiger partial charge in [-0.3, -0.25) is 14.3 Å². The first-order valence-electron chi connectivity index (χ1n) is 9.38. The zero-order valence-electron chi connectivity index (χ0n) is 15.8. The molecule has 1 N–H and O–H groups in total. The highest BCUT2D eigenvalue weighted by Crippen LogP contribution is 2.30. The SMILES string of the molecule is Cn1ncc2c1CCCC2NC(=O)C1CCCN(C(=O)C(C)(C)C)C1. The summed E-state index contributed by atoms with van der Waals surface area (Å²) in [5, 5.41) is 7.57. The number of nitrogens with one attached hydrogen (secondary N) is 1. The van der Waals surface area contributed by atoms with Gasteiger partial charge in [0.2, 0.25) is 11.8 Å². The van der Waals surface area contributed by atoms with E-state index in [1.165, 1.54) is 5.69 Å². The minimum absolute atomic E-state index is 0.0543. The summed E-state index contributed by atoms with van der Waals surface area (Å²) in [5.74, 6) is 0.104. The fourth-order valence-corrected chi connectivity index (χ4v) is 4.00. The molecule has 25 heavy (non-hydrogen) atoms. The Morgan fingerprint density at radius 1 is 1.24 bits per heavy atom. The van der Waals surface area contributed by atoms with Crippen molar-refractivity contribution in [3.63, 3.8) is 0 Å². The molecule has 0 aromatic carbocycles. The first kappa shape index (κ1) is 18.0. The minimum atomic E-state index is -0.396. The standard InChI is InChI=1S/C19H30N4O2/c1-19(2,3)18(25)23-10-6-7-13(12-23)17(24)21-15-8-5-9-16-14(15)11-20-22(16)4/h11,13,15H,5-10,12H2,1-4H3,(H,21,24). The first-order chi connectivity index (χ1) is 11.8. The molecule has 2 unspecified atom stereocenters. The average Bonchev–Trinajstić information content (AvgIpc) is 2.96. The molecule has 2 heterocycles. The van der Waals surface area contributed by atoms with E-state index >= 15 is 0 Å². The van der Waals surface area contributed by atoms with E-state index in [0.29, 0.717) is 6.54 Å². The lowest BCUT2D eigenvalue weighted by atomic mass is 9.89. The van der Waals surface area contributed by atoms with Gasteiger partial charge in [-0.2, -0.15) is 5.10 Å². The summed E-state index contributed by atoms with van der Waals surface area (Å²) in [6.07, 6.45) is 6.68. The van der Waals surface area contributed by atoms with E-state index in [0.717, 1.165) is 44.2 Å². The van der Waals surface area contributed by atoms with Gasteiger partial charge in [0, 0.05) is 36.8 Å². The summed E-state index contributed by atoms with van der Waals surface area (Å²) in [7, 11) is 1.96. The van der Waals surface area contributed by atoms with E-state index in [9.17, 15) is 9.59 Å². The second kappa shape index (κ2) is 6.81. The van der Waals surface area contributed by atoms with Gasteiger partial charge in [-0.15, -0.1) is 0 Å². The third kappa shape index (κ3) is 3.72. The summed E-state index contributed by atoms with van der Waals surface area (Å²) in [4.78, 5) is 27.2. The zero-order chi connectivity index (χ0) is 18.2. The van der Waals surface area contributed by atoms with Gasteiger partial charge >= 0.3 is 0 Å². The maximum atomic E-state index is 12.8. The Labute approximate surface area is 149 Å². The van der Waals surface area contributed by atoms with Crippen LogP contribution in [0.25, 0.3) is 0 Å². The number of hydrogen-bond acceptors (Lipinski definition) is 3. The van der Waals surface area contributed by atoms with Gasteiger partial charge in [0.05, 0.1) is 18.2 Å². The highest BCUT2D eigenvalue weighted by atomic mass is 16.2. The topological polar surface area (TPSA) is 67.2 Å². The Morgan fingerprint density at radius 3 is 2.72 bits per heavy atom. The second-order valence-corrected chi connectivity index (χ2v) is 8.46. The van der Waals surface area contributed by atoms with Crippen LogP contribution in [0.4, 0.5) is 0 Å². The van der Waals surface area contributed by atoms with Crippen LogP contribution in [0.1, 0.15) is 63.8 Å². The Hall–Kier alpha value is -1.85. The van der Waals surface area contributed by atoms with Crippen LogP contribution in [-0.2, 0) is 23.1 Å². The van der Waals surface area contributed by atoms with Crippen LogP contribution in [0.2, 0.25) is 0 Å². The molecule has 1 saturated heterocycles. The monoisotopic (exact) mass is 346 g/mol. The molecule has 6 nitrogen and oxygen atoms in total. The molecule has 1 aromatic rings. The molecule has 0 spiro atoms. The number of aromatic nitrogens is 2. The lowest BCUT2D eigenvalue weighted by molar-refractivity contribution is -0.142. The molecular weight excluding hydrogens is 316 g/mol. The average molecular weight is 346 g/mol. The molecule has 0 saturated carbocycles. The molecule has 1 aromatic heterocycles. The largest absolute Gasteiger partial charge is 0.349 e. The number of fused-ring (bicyclic) bond motifs is 1. The van der Waals surface area contributed by atoms with Gasteiger partial charge in [-0.05, 0) is 32.1 Å². The number of amides is 2. The van der Waals surface area contributed by atoms with Crippen molar-refractivity contribution in [1.29, 1.82) is 0 Å². The van der Waals surface area contributed by atoms with E-state index < -0.39 is 5.41 Å². The van der Waals surface area contributed by atoms with Crippen LogP contribution in [0.3, 0.4) is 0 Å². The van der Waals surface area contributed by atoms with E-state index in [1.807, 2.05) is 43.6 Å². The molecule has 138 valence electrons. The summed E-state index contributed by atoms with van der Waals surface area (Å²) in [6, 6.07) is 0.0543. The van der Waals surface area contributed by atoms with Crippen LogP contribution in [0, 0.1) is 11.3 Å². The molecule has 2 aliphatic rings. The van der Waals surface area contributed by atoms with Crippen LogP contribution >= 0.6 is 0 Å². The van der Waals surface area contributed by atoms with Crippen molar-refractivity contribution >= 4 is 11.8 Å². The number of piperidine rings is 1. The summed E-state index contributed by atoms with van der Waals surface area (Å²) in [5.41, 5.74) is 1.98. The van der Waals surface area contributed by atoms with Gasteiger partial charge in [0.15, 0.2) is 0 Å². The highest BCUT2D eigenvalue weighted by molar-refractivity contribution is 5.84. The van der Waals surface area contributed by atoms with Gasteiger partial charge < -0.3 is 10.2 Å².